The van der Waals surface area contributed by atoms with Crippen molar-refractivity contribution in [1.82, 2.24) is 10.5 Å². The standard InChI is InChI=1S/C15H18N2O3/c1-4-16-15(18)14-12(11(3)20-17-14)9-19-13-8-6-5-7-10(13)2/h5-8H,4,9H2,1-3H3,(H,16,18). The molecule has 0 saturated carbocycles. The van der Waals surface area contributed by atoms with Crippen LogP contribution in [-0.2, 0) is 6.61 Å². The lowest BCUT2D eigenvalue weighted by Crippen LogP contribution is -2.24. The minimum absolute atomic E-state index is 0.243. The quantitative estimate of drug-likeness (QED) is 0.910. The number of aryl methyl sites for hydroxylation is 2. The number of nitrogens with zero attached hydrogens (tertiary/aromatic N) is 1. The number of hydrogen-bond donors (Lipinski definition) is 1. The molecule has 0 unspecified atom stereocenters. The van der Waals surface area contributed by atoms with Crippen molar-refractivity contribution in [2.75, 3.05) is 6.54 Å². The first-order valence-corrected chi connectivity index (χ1v) is 6.55. The van der Waals surface area contributed by atoms with Crippen LogP contribution in [0.2, 0.25) is 0 Å². The van der Waals surface area contributed by atoms with Crippen LogP contribution < -0.4 is 10.1 Å². The van der Waals surface area contributed by atoms with Crippen LogP contribution in [-0.4, -0.2) is 17.6 Å². The number of hydrogen-bond acceptors (Lipinski definition) is 4. The van der Waals surface area contributed by atoms with Gasteiger partial charge in [-0.05, 0) is 32.4 Å². The molecule has 0 aliphatic heterocycles. The number of benzene rings is 1. The van der Waals surface area contributed by atoms with Crippen LogP contribution in [0.3, 0.4) is 0 Å². The van der Waals surface area contributed by atoms with Crippen LogP contribution in [0.5, 0.6) is 5.75 Å². The Morgan fingerprint density at radius 1 is 1.35 bits per heavy atom. The molecule has 1 heterocycles. The molecule has 0 saturated heterocycles. The van der Waals surface area contributed by atoms with Gasteiger partial charge in [-0.3, -0.25) is 4.79 Å². The summed E-state index contributed by atoms with van der Waals surface area (Å²) in [6.45, 7) is 6.40. The van der Waals surface area contributed by atoms with Crippen LogP contribution in [0, 0.1) is 13.8 Å². The number of amides is 1. The molecular formula is C15H18N2O3. The number of ether oxygens (including phenoxy) is 1. The van der Waals surface area contributed by atoms with Crippen LogP contribution in [0.15, 0.2) is 28.8 Å². The van der Waals surface area contributed by atoms with Crippen molar-refractivity contribution in [2.24, 2.45) is 0 Å². The molecule has 0 radical (unpaired) electrons. The molecule has 1 aromatic heterocycles. The van der Waals surface area contributed by atoms with Gasteiger partial charge < -0.3 is 14.6 Å². The minimum atomic E-state index is -0.243. The van der Waals surface area contributed by atoms with Crippen LogP contribution >= 0.6 is 0 Å². The van der Waals surface area contributed by atoms with E-state index in [0.717, 1.165) is 11.3 Å². The summed E-state index contributed by atoms with van der Waals surface area (Å²) in [6.07, 6.45) is 0. The van der Waals surface area contributed by atoms with E-state index in [9.17, 15) is 4.79 Å². The minimum Gasteiger partial charge on any atom is -0.488 e. The third-order valence-corrected chi connectivity index (χ3v) is 3.00. The molecule has 0 spiro atoms. The average molecular weight is 274 g/mol. The van der Waals surface area contributed by atoms with Crippen LogP contribution in [0.25, 0.3) is 0 Å². The Bertz CT molecular complexity index is 605. The second kappa shape index (κ2) is 6.23. The first-order chi connectivity index (χ1) is 9.63. The van der Waals surface area contributed by atoms with Gasteiger partial charge in [-0.15, -0.1) is 0 Å². The Morgan fingerprint density at radius 3 is 2.80 bits per heavy atom. The summed E-state index contributed by atoms with van der Waals surface area (Å²) in [5.74, 6) is 1.14. The van der Waals surface area contributed by atoms with E-state index < -0.39 is 0 Å². The third kappa shape index (κ3) is 2.99. The molecular weight excluding hydrogens is 256 g/mol. The van der Waals surface area contributed by atoms with E-state index in [4.69, 9.17) is 9.26 Å². The monoisotopic (exact) mass is 274 g/mol. The summed E-state index contributed by atoms with van der Waals surface area (Å²) in [6, 6.07) is 7.73. The molecule has 1 N–H and O–H groups in total. The van der Waals surface area contributed by atoms with Gasteiger partial charge in [0.25, 0.3) is 5.91 Å². The van der Waals surface area contributed by atoms with Gasteiger partial charge in [0.1, 0.15) is 18.1 Å². The molecule has 0 bridgehead atoms. The second-order valence-corrected chi connectivity index (χ2v) is 4.48. The number of para-hydroxylation sites is 1. The molecule has 0 aliphatic carbocycles. The van der Waals surface area contributed by atoms with E-state index in [0.29, 0.717) is 17.9 Å². The van der Waals surface area contributed by atoms with Gasteiger partial charge in [-0.2, -0.15) is 0 Å². The zero-order chi connectivity index (χ0) is 14.5. The Morgan fingerprint density at radius 2 is 2.10 bits per heavy atom. The Balaban J connectivity index is 2.15. The predicted octanol–water partition coefficient (Wildman–Crippen LogP) is 2.62. The molecule has 2 aromatic rings. The highest BCUT2D eigenvalue weighted by Gasteiger charge is 2.19. The van der Waals surface area contributed by atoms with E-state index in [1.807, 2.05) is 38.1 Å². The van der Waals surface area contributed by atoms with Crippen molar-refractivity contribution in [1.29, 1.82) is 0 Å². The van der Waals surface area contributed by atoms with Gasteiger partial charge in [0, 0.05) is 6.54 Å². The maximum absolute atomic E-state index is 11.9. The first-order valence-electron chi connectivity index (χ1n) is 6.55. The second-order valence-electron chi connectivity index (χ2n) is 4.48. The van der Waals surface area contributed by atoms with E-state index in [1.165, 1.54) is 0 Å². The van der Waals surface area contributed by atoms with Gasteiger partial charge in [0.05, 0.1) is 5.56 Å². The summed E-state index contributed by atoms with van der Waals surface area (Å²) in [5, 5.41) is 6.51. The molecule has 0 atom stereocenters. The fraction of sp³-hybridized carbons (Fsp3) is 0.333. The van der Waals surface area contributed by atoms with Crippen molar-refractivity contribution in [3.63, 3.8) is 0 Å². The summed E-state index contributed by atoms with van der Waals surface area (Å²) >= 11 is 0. The highest BCUT2D eigenvalue weighted by Crippen LogP contribution is 2.20. The normalized spacial score (nSPS) is 10.3. The fourth-order valence-corrected chi connectivity index (χ4v) is 1.85. The topological polar surface area (TPSA) is 64.4 Å². The number of carbonyl (C=O) groups excluding carboxylic acids is 1. The van der Waals surface area contributed by atoms with E-state index >= 15 is 0 Å². The zero-order valence-electron chi connectivity index (χ0n) is 11.9. The van der Waals surface area contributed by atoms with E-state index in [-0.39, 0.29) is 18.2 Å². The summed E-state index contributed by atoms with van der Waals surface area (Å²) in [7, 11) is 0. The zero-order valence-corrected chi connectivity index (χ0v) is 11.9. The van der Waals surface area contributed by atoms with Gasteiger partial charge >= 0.3 is 0 Å². The fourth-order valence-electron chi connectivity index (χ4n) is 1.85. The van der Waals surface area contributed by atoms with Gasteiger partial charge in [0.2, 0.25) is 0 Å². The average Bonchev–Trinajstić information content (AvgIpc) is 2.79. The molecule has 2 rings (SSSR count). The van der Waals surface area contributed by atoms with Crippen molar-refractivity contribution < 1.29 is 14.1 Å². The number of nitrogens with one attached hydrogen (secondary N) is 1. The number of carbonyl (C=O) groups is 1. The molecule has 20 heavy (non-hydrogen) atoms. The van der Waals surface area contributed by atoms with E-state index in [2.05, 4.69) is 10.5 Å². The molecule has 5 heteroatoms. The molecule has 0 fully saturated rings. The largest absolute Gasteiger partial charge is 0.488 e. The Kier molecular flexibility index (Phi) is 4.40. The van der Waals surface area contributed by atoms with Crippen molar-refractivity contribution >= 4 is 5.91 Å². The van der Waals surface area contributed by atoms with Gasteiger partial charge in [-0.25, -0.2) is 0 Å². The molecule has 0 aliphatic rings. The molecule has 1 amide bonds. The highest BCUT2D eigenvalue weighted by atomic mass is 16.5. The van der Waals surface area contributed by atoms with Crippen LogP contribution in [0.1, 0.15) is 34.3 Å². The summed E-state index contributed by atoms with van der Waals surface area (Å²) in [5.41, 5.74) is 2.01. The van der Waals surface area contributed by atoms with E-state index in [1.54, 1.807) is 6.92 Å². The van der Waals surface area contributed by atoms with Gasteiger partial charge in [-0.1, -0.05) is 23.4 Å². The lowest BCUT2D eigenvalue weighted by Gasteiger charge is -2.08. The smallest absolute Gasteiger partial charge is 0.273 e. The number of rotatable bonds is 5. The molecule has 1 aromatic carbocycles. The van der Waals surface area contributed by atoms with Gasteiger partial charge in [0.15, 0.2) is 5.69 Å². The maximum Gasteiger partial charge on any atom is 0.273 e. The Hall–Kier alpha value is -2.30. The summed E-state index contributed by atoms with van der Waals surface area (Å²) in [4.78, 5) is 11.9. The SMILES string of the molecule is CCNC(=O)c1noc(C)c1COc1ccccc1C. The third-order valence-electron chi connectivity index (χ3n) is 3.00. The number of aromatic nitrogens is 1. The van der Waals surface area contributed by atoms with Crippen molar-refractivity contribution in [3.05, 3.63) is 46.8 Å². The lowest BCUT2D eigenvalue weighted by atomic mass is 10.2. The maximum atomic E-state index is 11.9. The first kappa shape index (κ1) is 14.1. The van der Waals surface area contributed by atoms with Crippen molar-refractivity contribution in [2.45, 2.75) is 27.4 Å². The highest BCUT2D eigenvalue weighted by molar-refractivity contribution is 5.93. The molecule has 106 valence electrons. The van der Waals surface area contributed by atoms with Crippen molar-refractivity contribution in [3.8, 4) is 5.75 Å². The lowest BCUT2D eigenvalue weighted by molar-refractivity contribution is 0.0944. The molecule has 5 nitrogen and oxygen atoms in total. The Labute approximate surface area is 117 Å². The summed E-state index contributed by atoms with van der Waals surface area (Å²) < 4.78 is 10.8. The van der Waals surface area contributed by atoms with Crippen LogP contribution in [0.4, 0.5) is 0 Å². The predicted molar refractivity (Wildman–Crippen MR) is 74.8 cm³/mol.